The maximum absolute atomic E-state index is 4.23. The minimum absolute atomic E-state index is 1.10. The van der Waals surface area contributed by atoms with Gasteiger partial charge < -0.3 is 0 Å². The van der Waals surface area contributed by atoms with Gasteiger partial charge in [0.1, 0.15) is 0 Å². The van der Waals surface area contributed by atoms with Gasteiger partial charge in [0.2, 0.25) is 0 Å². The second-order valence-electron chi connectivity index (χ2n) is 4.06. The van der Waals surface area contributed by atoms with E-state index in [0.29, 0.717) is 0 Å². The van der Waals surface area contributed by atoms with Crippen molar-refractivity contribution in [3.63, 3.8) is 0 Å². The molecule has 0 unspecified atom stereocenters. The Kier molecular flexibility index (Phi) is 3.35. The summed E-state index contributed by atoms with van der Waals surface area (Å²) in [6.45, 7) is 2.08. The Balaban J connectivity index is 2.23. The van der Waals surface area contributed by atoms with Crippen LogP contribution in [0.5, 0.6) is 0 Å². The van der Waals surface area contributed by atoms with Gasteiger partial charge in [-0.2, -0.15) is 0 Å². The molecule has 0 radical (unpaired) electrons. The van der Waals surface area contributed by atoms with Crippen molar-refractivity contribution in [1.29, 1.82) is 0 Å². The molecule has 0 heterocycles. The first-order valence-corrected chi connectivity index (χ1v) is 5.70. The lowest BCUT2D eigenvalue weighted by Gasteiger charge is -2.14. The molecule has 1 heteroatoms. The third-order valence-electron chi connectivity index (χ3n) is 3.09. The minimum Gasteiger partial charge on any atom is -0.293 e. The zero-order valence-electron chi connectivity index (χ0n) is 9.90. The number of hydrogen-bond acceptors (Lipinski definition) is 1. The van der Waals surface area contributed by atoms with Crippen LogP contribution in [0, 0.1) is 0 Å². The van der Waals surface area contributed by atoms with Crippen LogP contribution < -0.4 is 0 Å². The van der Waals surface area contributed by atoms with Gasteiger partial charge in [-0.15, -0.1) is 0 Å². The molecule has 1 aromatic carbocycles. The molecule has 0 aliphatic heterocycles. The lowest BCUT2D eigenvalue weighted by Crippen LogP contribution is -2.01. The largest absolute Gasteiger partial charge is 0.293 e. The Morgan fingerprint density at radius 3 is 2.38 bits per heavy atom. The molecule has 0 spiro atoms. The number of benzene rings is 1. The smallest absolute Gasteiger partial charge is 0.0345 e. The molecular weight excluding hydrogens is 194 g/mol. The first-order valence-electron chi connectivity index (χ1n) is 5.70. The average molecular weight is 211 g/mol. The van der Waals surface area contributed by atoms with Crippen molar-refractivity contribution in [2.24, 2.45) is 4.99 Å². The van der Waals surface area contributed by atoms with Gasteiger partial charge in [0.05, 0.1) is 0 Å². The molecule has 0 fully saturated rings. The molecule has 2 rings (SSSR count). The fourth-order valence-corrected chi connectivity index (χ4v) is 1.98. The van der Waals surface area contributed by atoms with Crippen molar-refractivity contribution in [1.82, 2.24) is 0 Å². The fraction of sp³-hybridized carbons (Fsp3) is 0.267. The topological polar surface area (TPSA) is 12.4 Å². The van der Waals surface area contributed by atoms with Gasteiger partial charge in [0.15, 0.2) is 0 Å². The predicted octanol–water partition coefficient (Wildman–Crippen LogP) is 3.88. The number of aliphatic imine (C=N–C) groups is 1. The molecule has 1 nitrogen and oxygen atoms in total. The highest BCUT2D eigenvalue weighted by Gasteiger charge is 2.09. The second-order valence-corrected chi connectivity index (χ2v) is 4.06. The molecule has 0 atom stereocenters. The van der Waals surface area contributed by atoms with E-state index in [9.17, 15) is 0 Å². The van der Waals surface area contributed by atoms with E-state index in [1.54, 1.807) is 0 Å². The lowest BCUT2D eigenvalue weighted by molar-refractivity contribution is 1.02. The Labute approximate surface area is 97.2 Å². The summed E-state index contributed by atoms with van der Waals surface area (Å²) in [5.74, 6) is 0. The molecule has 0 N–H and O–H groups in total. The van der Waals surface area contributed by atoms with Crippen molar-refractivity contribution in [3.05, 3.63) is 53.6 Å². The predicted molar refractivity (Wildman–Crippen MR) is 70.8 cm³/mol. The number of hydrogen-bond donors (Lipinski definition) is 0. The van der Waals surface area contributed by atoms with Crippen molar-refractivity contribution < 1.29 is 0 Å². The molecule has 1 aliphatic rings. The van der Waals surface area contributed by atoms with Crippen LogP contribution in [0.2, 0.25) is 0 Å². The second kappa shape index (κ2) is 4.93. The summed E-state index contributed by atoms with van der Waals surface area (Å²) < 4.78 is 0. The average Bonchev–Trinajstić information content (AvgIpc) is 2.39. The van der Waals surface area contributed by atoms with E-state index in [0.717, 1.165) is 18.6 Å². The first-order chi connectivity index (χ1) is 7.81. The zero-order valence-corrected chi connectivity index (χ0v) is 9.90. The van der Waals surface area contributed by atoms with Gasteiger partial charge in [0, 0.05) is 12.8 Å². The molecule has 0 aromatic heterocycles. The molecule has 0 saturated carbocycles. The maximum atomic E-state index is 4.23. The zero-order chi connectivity index (χ0) is 11.4. The van der Waals surface area contributed by atoms with Crippen LogP contribution in [0.1, 0.15) is 25.3 Å². The van der Waals surface area contributed by atoms with E-state index in [1.807, 2.05) is 7.05 Å². The molecule has 82 valence electrons. The summed E-state index contributed by atoms with van der Waals surface area (Å²) in [7, 11) is 1.85. The Morgan fingerprint density at radius 1 is 1.06 bits per heavy atom. The summed E-state index contributed by atoms with van der Waals surface area (Å²) >= 11 is 0. The quantitative estimate of drug-likeness (QED) is 0.658. The van der Waals surface area contributed by atoms with E-state index >= 15 is 0 Å². The van der Waals surface area contributed by atoms with E-state index < -0.39 is 0 Å². The highest BCUT2D eigenvalue weighted by Crippen LogP contribution is 2.26. The van der Waals surface area contributed by atoms with Gasteiger partial charge in [-0.05, 0) is 36.5 Å². The highest BCUT2D eigenvalue weighted by atomic mass is 14.7. The van der Waals surface area contributed by atoms with Crippen molar-refractivity contribution in [2.75, 3.05) is 7.05 Å². The number of rotatable bonds is 2. The van der Waals surface area contributed by atoms with Crippen LogP contribution in [0.3, 0.4) is 0 Å². The fourth-order valence-electron chi connectivity index (χ4n) is 1.98. The van der Waals surface area contributed by atoms with Gasteiger partial charge >= 0.3 is 0 Å². The van der Waals surface area contributed by atoms with Crippen molar-refractivity contribution in [2.45, 2.75) is 19.8 Å². The Hall–Kier alpha value is -1.63. The van der Waals surface area contributed by atoms with Crippen LogP contribution in [-0.4, -0.2) is 12.8 Å². The van der Waals surface area contributed by atoms with E-state index in [1.165, 1.54) is 16.7 Å². The number of nitrogens with zero attached hydrogens (tertiary/aromatic N) is 1. The molecular formula is C15H17N. The lowest BCUT2D eigenvalue weighted by atomic mass is 9.92. The standard InChI is InChI=1S/C15H17N/c1-12(16-2)13-8-10-15(11-9-13)14-6-4-3-5-7-14/h3-8,10H,9,11H2,1-2H3. The van der Waals surface area contributed by atoms with Crippen LogP contribution in [0.15, 0.2) is 53.0 Å². The van der Waals surface area contributed by atoms with Gasteiger partial charge in [-0.25, -0.2) is 0 Å². The molecule has 0 amide bonds. The third kappa shape index (κ3) is 2.30. The molecule has 16 heavy (non-hydrogen) atoms. The molecule has 0 bridgehead atoms. The molecule has 1 aliphatic carbocycles. The van der Waals surface area contributed by atoms with Gasteiger partial charge in [-0.3, -0.25) is 4.99 Å². The number of allylic oxidation sites excluding steroid dienone is 4. The Bertz CT molecular complexity index is 450. The maximum Gasteiger partial charge on any atom is 0.0345 e. The molecule has 0 saturated heterocycles. The summed E-state index contributed by atoms with van der Waals surface area (Å²) in [6.07, 6.45) is 6.64. The summed E-state index contributed by atoms with van der Waals surface area (Å²) in [5.41, 5.74) is 5.28. The SMILES string of the molecule is CN=C(C)C1=CC=C(c2ccccc2)CC1. The van der Waals surface area contributed by atoms with E-state index in [4.69, 9.17) is 0 Å². The van der Waals surface area contributed by atoms with E-state index in [-0.39, 0.29) is 0 Å². The van der Waals surface area contributed by atoms with Gasteiger partial charge in [0.25, 0.3) is 0 Å². The van der Waals surface area contributed by atoms with Crippen LogP contribution in [0.25, 0.3) is 5.57 Å². The van der Waals surface area contributed by atoms with Crippen LogP contribution >= 0.6 is 0 Å². The van der Waals surface area contributed by atoms with Gasteiger partial charge in [-0.1, -0.05) is 42.5 Å². The summed E-state index contributed by atoms with van der Waals surface area (Å²) in [4.78, 5) is 4.23. The van der Waals surface area contributed by atoms with Crippen LogP contribution in [-0.2, 0) is 0 Å². The normalized spacial score (nSPS) is 16.8. The monoisotopic (exact) mass is 211 g/mol. The highest BCUT2D eigenvalue weighted by molar-refractivity contribution is 5.99. The summed E-state index contributed by atoms with van der Waals surface area (Å²) in [6, 6.07) is 10.6. The van der Waals surface area contributed by atoms with Crippen molar-refractivity contribution in [3.8, 4) is 0 Å². The third-order valence-corrected chi connectivity index (χ3v) is 3.09. The minimum atomic E-state index is 1.10. The Morgan fingerprint density at radius 2 is 1.81 bits per heavy atom. The first kappa shape index (κ1) is 10.9. The van der Waals surface area contributed by atoms with E-state index in [2.05, 4.69) is 54.4 Å². The van der Waals surface area contributed by atoms with Crippen LogP contribution in [0.4, 0.5) is 0 Å². The molecule has 1 aromatic rings. The van der Waals surface area contributed by atoms with Crippen molar-refractivity contribution >= 4 is 11.3 Å². The summed E-state index contributed by atoms with van der Waals surface area (Å²) in [5, 5.41) is 0.